The van der Waals surface area contributed by atoms with Crippen molar-refractivity contribution in [2.45, 2.75) is 9.79 Å². The molecule has 0 amide bonds. The van der Waals surface area contributed by atoms with Gasteiger partial charge in [-0.25, -0.2) is 21.6 Å². The van der Waals surface area contributed by atoms with Gasteiger partial charge < -0.3 is 0 Å². The maximum absolute atomic E-state index is 12.2. The molecule has 0 radical (unpaired) electrons. The summed E-state index contributed by atoms with van der Waals surface area (Å²) >= 11 is 0. The van der Waals surface area contributed by atoms with E-state index >= 15 is 0 Å². The van der Waals surface area contributed by atoms with E-state index in [1.165, 1.54) is 31.3 Å². The van der Waals surface area contributed by atoms with Gasteiger partial charge in [-0.05, 0) is 43.4 Å². The summed E-state index contributed by atoms with van der Waals surface area (Å²) in [4.78, 5) is 9.78. The predicted molar refractivity (Wildman–Crippen MR) is 86.6 cm³/mol. The van der Waals surface area contributed by atoms with Gasteiger partial charge >= 0.3 is 0 Å². The second-order valence-electron chi connectivity index (χ2n) is 4.59. The van der Waals surface area contributed by atoms with Gasteiger partial charge in [-0.15, -0.1) is 0 Å². The monoisotopic (exact) mass is 371 g/mol. The van der Waals surface area contributed by atoms with E-state index < -0.39 is 25.0 Å². The molecule has 2 aromatic carbocycles. The van der Waals surface area contributed by atoms with Gasteiger partial charge in [0, 0.05) is 17.8 Å². The van der Waals surface area contributed by atoms with Crippen LogP contribution in [0.1, 0.15) is 0 Å². The van der Waals surface area contributed by atoms with Crippen molar-refractivity contribution in [1.29, 1.82) is 0 Å². The summed E-state index contributed by atoms with van der Waals surface area (Å²) in [6.07, 6.45) is 0. The lowest BCUT2D eigenvalue weighted by Gasteiger charge is -2.09. The van der Waals surface area contributed by atoms with Crippen LogP contribution >= 0.6 is 0 Å². The molecule has 2 aromatic rings. The molecular formula is C13H13N3O6S2. The Bertz CT molecular complexity index is 952. The second kappa shape index (κ2) is 6.55. The Kier molecular flexibility index (Phi) is 4.87. The third-order valence-electron chi connectivity index (χ3n) is 3.04. The first-order valence-corrected chi connectivity index (χ1v) is 9.43. The van der Waals surface area contributed by atoms with Gasteiger partial charge in [0.1, 0.15) is 0 Å². The van der Waals surface area contributed by atoms with Crippen LogP contribution in [0.4, 0.5) is 11.4 Å². The average Bonchev–Trinajstić information content (AvgIpc) is 2.55. The minimum atomic E-state index is -3.95. The van der Waals surface area contributed by atoms with E-state index in [1.54, 1.807) is 0 Å². The molecule has 0 spiro atoms. The molecule has 24 heavy (non-hydrogen) atoms. The molecule has 0 aliphatic rings. The Balaban J connectivity index is 2.24. The summed E-state index contributed by atoms with van der Waals surface area (Å²) in [6.45, 7) is 0. The normalized spacial score (nSPS) is 11.9. The van der Waals surface area contributed by atoms with Crippen molar-refractivity contribution < 1.29 is 21.8 Å². The summed E-state index contributed by atoms with van der Waals surface area (Å²) < 4.78 is 52.0. The molecule has 0 fully saturated rings. The molecule has 0 bridgehead atoms. The summed E-state index contributed by atoms with van der Waals surface area (Å²) in [5.74, 6) is 0. The zero-order valence-electron chi connectivity index (χ0n) is 12.3. The third kappa shape index (κ3) is 3.88. The van der Waals surface area contributed by atoms with Crippen LogP contribution in [0, 0.1) is 10.1 Å². The predicted octanol–water partition coefficient (Wildman–Crippen LogP) is 1.30. The summed E-state index contributed by atoms with van der Waals surface area (Å²) in [5.41, 5.74) is -0.0704. The van der Waals surface area contributed by atoms with Crippen LogP contribution in [0.25, 0.3) is 0 Å². The molecule has 128 valence electrons. The number of non-ortho nitro benzene ring substituents is 1. The van der Waals surface area contributed by atoms with Gasteiger partial charge in [0.25, 0.3) is 15.7 Å². The number of nitrogens with zero attached hydrogens (tertiary/aromatic N) is 1. The lowest BCUT2D eigenvalue weighted by atomic mass is 10.3. The molecule has 0 unspecified atom stereocenters. The molecule has 0 saturated heterocycles. The van der Waals surface area contributed by atoms with Gasteiger partial charge in [-0.1, -0.05) is 0 Å². The fraction of sp³-hybridized carbons (Fsp3) is 0.0769. The second-order valence-corrected chi connectivity index (χ2v) is 8.16. The van der Waals surface area contributed by atoms with Crippen molar-refractivity contribution in [2.75, 3.05) is 11.8 Å². The zero-order valence-corrected chi connectivity index (χ0v) is 14.0. The number of nitro benzene ring substituents is 1. The Morgan fingerprint density at radius 2 is 1.29 bits per heavy atom. The van der Waals surface area contributed by atoms with E-state index in [-0.39, 0.29) is 21.2 Å². The van der Waals surface area contributed by atoms with Crippen LogP contribution in [0.5, 0.6) is 0 Å². The number of rotatable bonds is 6. The average molecular weight is 371 g/mol. The maximum Gasteiger partial charge on any atom is 0.269 e. The largest absolute Gasteiger partial charge is 0.280 e. The van der Waals surface area contributed by atoms with E-state index in [0.717, 1.165) is 24.3 Å². The van der Waals surface area contributed by atoms with Crippen molar-refractivity contribution in [1.82, 2.24) is 4.72 Å². The molecule has 0 aliphatic carbocycles. The van der Waals surface area contributed by atoms with Crippen molar-refractivity contribution >= 4 is 31.4 Å². The number of benzene rings is 2. The number of hydrogen-bond donors (Lipinski definition) is 2. The van der Waals surface area contributed by atoms with Gasteiger partial charge in [-0.2, -0.15) is 0 Å². The standard InChI is InChI=1S/C13H13N3O6S2/c1-14-23(19,20)12-6-2-10(3-7-12)15-24(21,22)13-8-4-11(5-9-13)16(17)18/h2-9,14-15H,1H3. The maximum atomic E-state index is 12.2. The number of hydrogen-bond acceptors (Lipinski definition) is 6. The Hall–Kier alpha value is -2.50. The lowest BCUT2D eigenvalue weighted by molar-refractivity contribution is -0.384. The molecular weight excluding hydrogens is 358 g/mol. The van der Waals surface area contributed by atoms with E-state index in [4.69, 9.17) is 0 Å². The molecule has 0 saturated carbocycles. The molecule has 0 heterocycles. The first kappa shape index (κ1) is 17.8. The van der Waals surface area contributed by atoms with Crippen molar-refractivity contribution in [3.05, 3.63) is 58.6 Å². The number of sulfonamides is 2. The highest BCUT2D eigenvalue weighted by Crippen LogP contribution is 2.20. The topological polar surface area (TPSA) is 135 Å². The molecule has 0 aromatic heterocycles. The van der Waals surface area contributed by atoms with E-state index in [9.17, 15) is 26.9 Å². The zero-order chi connectivity index (χ0) is 18.0. The number of nitrogens with one attached hydrogen (secondary N) is 2. The van der Waals surface area contributed by atoms with Crippen LogP contribution < -0.4 is 9.44 Å². The van der Waals surface area contributed by atoms with Crippen LogP contribution in [-0.4, -0.2) is 28.8 Å². The Labute approximate surface area is 138 Å². The highest BCUT2D eigenvalue weighted by molar-refractivity contribution is 7.92. The van der Waals surface area contributed by atoms with E-state index in [0.29, 0.717) is 0 Å². The third-order valence-corrected chi connectivity index (χ3v) is 5.87. The quantitative estimate of drug-likeness (QED) is 0.580. The minimum absolute atomic E-state index is 0.0108. The smallest absolute Gasteiger partial charge is 0.269 e. The fourth-order valence-electron chi connectivity index (χ4n) is 1.78. The summed E-state index contributed by atoms with van der Waals surface area (Å²) in [6, 6.07) is 9.48. The Morgan fingerprint density at radius 3 is 1.75 bits per heavy atom. The number of nitro groups is 1. The van der Waals surface area contributed by atoms with Crippen LogP contribution in [-0.2, 0) is 20.0 Å². The highest BCUT2D eigenvalue weighted by Gasteiger charge is 2.17. The van der Waals surface area contributed by atoms with Gasteiger partial charge in [0.15, 0.2) is 0 Å². The van der Waals surface area contributed by atoms with Gasteiger partial charge in [0.05, 0.1) is 14.7 Å². The van der Waals surface area contributed by atoms with Crippen molar-refractivity contribution in [3.8, 4) is 0 Å². The lowest BCUT2D eigenvalue weighted by Crippen LogP contribution is -2.18. The minimum Gasteiger partial charge on any atom is -0.280 e. The summed E-state index contributed by atoms with van der Waals surface area (Å²) in [7, 11) is -6.30. The SMILES string of the molecule is CNS(=O)(=O)c1ccc(NS(=O)(=O)c2ccc([N+](=O)[O-])cc2)cc1. The molecule has 0 aliphatic heterocycles. The summed E-state index contributed by atoms with van der Waals surface area (Å²) in [5, 5.41) is 10.6. The first-order chi connectivity index (χ1) is 11.2. The molecule has 9 nitrogen and oxygen atoms in total. The van der Waals surface area contributed by atoms with Gasteiger partial charge in [0.2, 0.25) is 10.0 Å². The highest BCUT2D eigenvalue weighted by atomic mass is 32.2. The first-order valence-electron chi connectivity index (χ1n) is 6.46. The van der Waals surface area contributed by atoms with Crippen LogP contribution in [0.2, 0.25) is 0 Å². The molecule has 11 heteroatoms. The number of anilines is 1. The molecule has 0 atom stereocenters. The van der Waals surface area contributed by atoms with Gasteiger partial charge in [-0.3, -0.25) is 14.8 Å². The molecule has 2 N–H and O–H groups in total. The van der Waals surface area contributed by atoms with Crippen molar-refractivity contribution in [2.24, 2.45) is 0 Å². The van der Waals surface area contributed by atoms with Crippen LogP contribution in [0.3, 0.4) is 0 Å². The molecule has 2 rings (SSSR count). The van der Waals surface area contributed by atoms with Crippen molar-refractivity contribution in [3.63, 3.8) is 0 Å². The van der Waals surface area contributed by atoms with E-state index in [2.05, 4.69) is 9.44 Å². The fourth-order valence-corrected chi connectivity index (χ4v) is 3.57. The Morgan fingerprint density at radius 1 is 0.833 bits per heavy atom. The van der Waals surface area contributed by atoms with Crippen LogP contribution in [0.15, 0.2) is 58.3 Å². The van der Waals surface area contributed by atoms with E-state index in [1.807, 2.05) is 0 Å².